The summed E-state index contributed by atoms with van der Waals surface area (Å²) in [7, 11) is -0.724. The van der Waals surface area contributed by atoms with Gasteiger partial charge in [0.2, 0.25) is 0 Å². The van der Waals surface area contributed by atoms with Crippen molar-refractivity contribution in [3.8, 4) is 0 Å². The SMILES string of the molecule is CC(C)(C)OC(=O)CC(=O)c1ccc(C(C)(C)O[SiH2]C(C)(C)C)nc1.[Li][CH2]CCC. The Kier molecular flexibility index (Phi) is 12.4. The molecule has 0 unspecified atom stereocenters. The van der Waals surface area contributed by atoms with Gasteiger partial charge in [0.15, 0.2) is 15.5 Å². The van der Waals surface area contributed by atoms with Crippen LogP contribution >= 0.6 is 0 Å². The van der Waals surface area contributed by atoms with Crippen LogP contribution in [-0.2, 0) is 19.6 Å². The number of rotatable bonds is 8. The first-order chi connectivity index (χ1) is 13.6. The normalized spacial score (nSPS) is 12.5. The number of pyridine rings is 1. The van der Waals surface area contributed by atoms with Crippen LogP contribution in [0.25, 0.3) is 0 Å². The number of hydrogen-bond acceptors (Lipinski definition) is 5. The third-order valence-electron chi connectivity index (χ3n) is 4.00. The van der Waals surface area contributed by atoms with Gasteiger partial charge in [-0.2, -0.15) is 0 Å². The first-order valence-electron chi connectivity index (χ1n) is 11.0. The maximum atomic E-state index is 12.2. The molecule has 0 amide bonds. The van der Waals surface area contributed by atoms with Gasteiger partial charge in [-0.25, -0.2) is 0 Å². The molecular weight excluding hydrogens is 389 g/mol. The van der Waals surface area contributed by atoms with Crippen molar-refractivity contribution in [2.75, 3.05) is 0 Å². The van der Waals surface area contributed by atoms with Crippen molar-refractivity contribution in [3.05, 3.63) is 29.6 Å². The molecular formula is C23H40LiNO4Si. The van der Waals surface area contributed by atoms with E-state index in [2.05, 4.69) is 50.4 Å². The monoisotopic (exact) mass is 429 g/mol. The standard InChI is InChI=1S/C19H31NO4Si.C4H9.Li/c1-17(2,3)23-16(22)11-14(21)13-9-10-15(20-12-13)19(7,8)24-25-18(4,5)6;1-3-4-2;/h9-10,12H,11,25H2,1-8H3;1,3-4H2,2H3;. The predicted molar refractivity (Wildman–Crippen MR) is 127 cm³/mol. The van der Waals surface area contributed by atoms with E-state index >= 15 is 0 Å². The van der Waals surface area contributed by atoms with Gasteiger partial charge in [-0.3, -0.25) is 14.6 Å². The zero-order valence-corrected chi connectivity index (χ0v) is 22.3. The third kappa shape index (κ3) is 13.4. The molecule has 0 spiro atoms. The number of nitrogens with zero attached hydrogens (tertiary/aromatic N) is 1. The fourth-order valence-electron chi connectivity index (χ4n) is 2.35. The molecule has 30 heavy (non-hydrogen) atoms. The van der Waals surface area contributed by atoms with Gasteiger partial charge in [-0.05, 0) is 51.8 Å². The Morgan fingerprint density at radius 2 is 1.67 bits per heavy atom. The van der Waals surface area contributed by atoms with Crippen LogP contribution in [0.5, 0.6) is 0 Å². The summed E-state index contributed by atoms with van der Waals surface area (Å²) < 4.78 is 11.3. The van der Waals surface area contributed by atoms with Crippen LogP contribution in [0.3, 0.4) is 0 Å². The van der Waals surface area contributed by atoms with Crippen LogP contribution in [0.2, 0.25) is 10.1 Å². The summed E-state index contributed by atoms with van der Waals surface area (Å²) in [5.74, 6) is -0.822. The van der Waals surface area contributed by atoms with E-state index in [9.17, 15) is 9.59 Å². The van der Waals surface area contributed by atoms with Gasteiger partial charge in [-0.15, -0.1) is 0 Å². The van der Waals surface area contributed by atoms with E-state index in [0.29, 0.717) is 5.56 Å². The Morgan fingerprint density at radius 3 is 2.03 bits per heavy atom. The number of aromatic nitrogens is 1. The van der Waals surface area contributed by atoms with Gasteiger partial charge in [-0.1, -0.05) is 20.8 Å². The number of ether oxygens (including phenoxy) is 1. The molecule has 0 aromatic carbocycles. The molecule has 0 saturated heterocycles. The van der Waals surface area contributed by atoms with E-state index < -0.39 is 26.9 Å². The second-order valence-electron chi connectivity index (χ2n) is 10.3. The molecule has 0 aliphatic carbocycles. The summed E-state index contributed by atoms with van der Waals surface area (Å²) in [6.07, 6.45) is 3.96. The average molecular weight is 430 g/mol. The van der Waals surface area contributed by atoms with E-state index in [1.54, 1.807) is 32.9 Å². The second-order valence-corrected chi connectivity index (χ2v) is 13.0. The molecule has 1 heterocycles. The van der Waals surface area contributed by atoms with Crippen LogP contribution in [0.4, 0.5) is 0 Å². The molecule has 0 N–H and O–H groups in total. The van der Waals surface area contributed by atoms with Gasteiger partial charge >= 0.3 is 48.5 Å². The molecule has 0 radical (unpaired) electrons. The van der Waals surface area contributed by atoms with Crippen molar-refractivity contribution in [1.29, 1.82) is 0 Å². The van der Waals surface area contributed by atoms with Gasteiger partial charge in [0.1, 0.15) is 12.0 Å². The average Bonchev–Trinajstić information content (AvgIpc) is 2.59. The Hall–Kier alpha value is -0.936. The molecule has 7 heteroatoms. The van der Waals surface area contributed by atoms with Crippen LogP contribution in [0, 0.1) is 0 Å². The minimum absolute atomic E-state index is 0.195. The fraction of sp³-hybridized carbons (Fsp3) is 0.696. The van der Waals surface area contributed by atoms with E-state index in [0.717, 1.165) is 5.69 Å². The number of hydrogen-bond donors (Lipinski definition) is 0. The van der Waals surface area contributed by atoms with Crippen molar-refractivity contribution in [1.82, 2.24) is 4.98 Å². The van der Waals surface area contributed by atoms with Crippen molar-refractivity contribution in [2.45, 2.75) is 103 Å². The van der Waals surface area contributed by atoms with Crippen LogP contribution in [-0.4, -0.2) is 49.8 Å². The van der Waals surface area contributed by atoms with Gasteiger partial charge in [0, 0.05) is 11.8 Å². The third-order valence-corrected chi connectivity index (χ3v) is 5.73. The predicted octanol–water partition coefficient (Wildman–Crippen LogP) is 4.92. The molecule has 0 atom stereocenters. The van der Waals surface area contributed by atoms with Crippen LogP contribution < -0.4 is 0 Å². The number of esters is 1. The summed E-state index contributed by atoms with van der Waals surface area (Å²) in [5.41, 5.74) is 0.0841. The number of unbranched alkanes of at least 4 members (excludes halogenated alkanes) is 1. The second kappa shape index (κ2) is 12.8. The van der Waals surface area contributed by atoms with Crippen molar-refractivity contribution >= 4 is 39.2 Å². The molecule has 0 aliphatic rings. The summed E-state index contributed by atoms with van der Waals surface area (Å²) in [6.45, 7) is 18.0. The van der Waals surface area contributed by atoms with Crippen molar-refractivity contribution in [2.24, 2.45) is 0 Å². The molecule has 5 nitrogen and oxygen atoms in total. The molecule has 1 aromatic heterocycles. The summed E-state index contributed by atoms with van der Waals surface area (Å²) in [5, 5.41) is 1.54. The van der Waals surface area contributed by atoms with Gasteiger partial charge < -0.3 is 9.16 Å². The number of carbonyl (C=O) groups excluding carboxylic acids is 2. The van der Waals surface area contributed by atoms with E-state index in [4.69, 9.17) is 9.16 Å². The van der Waals surface area contributed by atoms with E-state index in [1.165, 1.54) is 24.1 Å². The Balaban J connectivity index is 0.00000150. The Bertz CT molecular complexity index is 659. The first-order valence-corrected chi connectivity index (χ1v) is 12.2. The molecule has 0 aliphatic heterocycles. The molecule has 0 saturated carbocycles. The molecule has 0 fully saturated rings. The molecule has 0 bridgehead atoms. The molecule has 166 valence electrons. The fourth-order valence-corrected chi connectivity index (χ4v) is 3.29. The number of ketones is 1. The Labute approximate surface area is 195 Å². The quantitative estimate of drug-likeness (QED) is 0.254. The van der Waals surface area contributed by atoms with Crippen LogP contribution in [0.1, 0.15) is 97.6 Å². The Morgan fingerprint density at radius 1 is 1.07 bits per heavy atom. The zero-order valence-electron chi connectivity index (χ0n) is 20.8. The minimum atomic E-state index is -0.724. The number of carbonyl (C=O) groups is 2. The van der Waals surface area contributed by atoms with Crippen molar-refractivity contribution in [3.63, 3.8) is 0 Å². The first kappa shape index (κ1) is 29.1. The van der Waals surface area contributed by atoms with Crippen LogP contribution in [0.15, 0.2) is 18.3 Å². The van der Waals surface area contributed by atoms with E-state index in [-0.39, 0.29) is 17.2 Å². The summed E-state index contributed by atoms with van der Waals surface area (Å²) >= 11 is 2.21. The van der Waals surface area contributed by atoms with Gasteiger partial charge in [0.25, 0.3) is 0 Å². The molecule has 1 aromatic rings. The number of Topliss-reactive ketones (excluding diaryl/α,β-unsaturated/α-hetero) is 1. The van der Waals surface area contributed by atoms with E-state index in [1.807, 2.05) is 13.8 Å². The zero-order chi connectivity index (χ0) is 23.6. The van der Waals surface area contributed by atoms with Gasteiger partial charge in [0.05, 0.1) is 11.3 Å². The summed E-state index contributed by atoms with van der Waals surface area (Å²) in [4.78, 5) is 28.3. The maximum absolute atomic E-state index is 12.2. The molecule has 1 rings (SSSR count). The topological polar surface area (TPSA) is 65.5 Å². The summed E-state index contributed by atoms with van der Waals surface area (Å²) in [6, 6.07) is 3.48. The van der Waals surface area contributed by atoms with Crippen molar-refractivity contribution < 1.29 is 18.8 Å².